The molecule has 1 fully saturated rings. The summed E-state index contributed by atoms with van der Waals surface area (Å²) >= 11 is 6.12. The number of rotatable bonds is 2. The van der Waals surface area contributed by atoms with Gasteiger partial charge in [0.1, 0.15) is 17.3 Å². The molecule has 24 heavy (non-hydrogen) atoms. The summed E-state index contributed by atoms with van der Waals surface area (Å²) < 4.78 is 15.0. The SMILES string of the molecule is Cc1cc(Cl)cn2cc(N3CCN(c4ccc(F)cc4)CC3)nc12. The fourth-order valence-electron chi connectivity index (χ4n) is 3.21. The Morgan fingerprint density at radius 2 is 1.67 bits per heavy atom. The highest BCUT2D eigenvalue weighted by atomic mass is 35.5. The van der Waals surface area contributed by atoms with Crippen LogP contribution in [0.5, 0.6) is 0 Å². The monoisotopic (exact) mass is 344 g/mol. The molecule has 2 aromatic heterocycles. The number of anilines is 2. The zero-order valence-corrected chi connectivity index (χ0v) is 14.2. The van der Waals surface area contributed by atoms with E-state index in [4.69, 9.17) is 16.6 Å². The van der Waals surface area contributed by atoms with Gasteiger partial charge in [-0.1, -0.05) is 11.6 Å². The second-order valence-corrected chi connectivity index (χ2v) is 6.56. The van der Waals surface area contributed by atoms with Gasteiger partial charge in [-0.3, -0.25) is 0 Å². The molecule has 4 rings (SSSR count). The van der Waals surface area contributed by atoms with Gasteiger partial charge in [0.25, 0.3) is 0 Å². The Morgan fingerprint density at radius 1 is 1.00 bits per heavy atom. The minimum atomic E-state index is -0.198. The van der Waals surface area contributed by atoms with Gasteiger partial charge in [0.15, 0.2) is 0 Å². The minimum Gasteiger partial charge on any atom is -0.368 e. The summed E-state index contributed by atoms with van der Waals surface area (Å²) in [6.07, 6.45) is 3.91. The third kappa shape index (κ3) is 2.80. The molecule has 3 aromatic rings. The number of halogens is 2. The van der Waals surface area contributed by atoms with Crippen molar-refractivity contribution in [3.8, 4) is 0 Å². The van der Waals surface area contributed by atoms with E-state index < -0.39 is 0 Å². The fraction of sp³-hybridized carbons (Fsp3) is 0.278. The Labute approximate surface area is 145 Å². The van der Waals surface area contributed by atoms with E-state index in [-0.39, 0.29) is 5.82 Å². The van der Waals surface area contributed by atoms with Crippen molar-refractivity contribution in [3.63, 3.8) is 0 Å². The van der Waals surface area contributed by atoms with E-state index in [1.807, 2.05) is 41.9 Å². The zero-order chi connectivity index (χ0) is 16.7. The van der Waals surface area contributed by atoms with Crippen LogP contribution in [0.3, 0.4) is 0 Å². The van der Waals surface area contributed by atoms with Crippen LogP contribution in [0.2, 0.25) is 5.02 Å². The predicted octanol–water partition coefficient (Wildman–Crippen LogP) is 3.76. The maximum Gasteiger partial charge on any atom is 0.148 e. The first-order chi connectivity index (χ1) is 11.6. The number of benzene rings is 1. The Hall–Kier alpha value is -2.27. The summed E-state index contributed by atoms with van der Waals surface area (Å²) in [7, 11) is 0. The van der Waals surface area contributed by atoms with Crippen molar-refractivity contribution in [3.05, 3.63) is 59.1 Å². The van der Waals surface area contributed by atoms with Gasteiger partial charge in [-0.15, -0.1) is 0 Å². The second kappa shape index (κ2) is 5.98. The number of pyridine rings is 1. The molecule has 1 aliphatic heterocycles. The van der Waals surface area contributed by atoms with Crippen molar-refractivity contribution in [2.45, 2.75) is 6.92 Å². The molecule has 124 valence electrons. The van der Waals surface area contributed by atoms with Crippen LogP contribution in [0, 0.1) is 12.7 Å². The zero-order valence-electron chi connectivity index (χ0n) is 13.4. The van der Waals surface area contributed by atoms with E-state index in [2.05, 4.69) is 9.80 Å². The third-order valence-electron chi connectivity index (χ3n) is 4.48. The fourth-order valence-corrected chi connectivity index (χ4v) is 3.48. The molecule has 0 radical (unpaired) electrons. The molecule has 1 aliphatic rings. The predicted molar refractivity (Wildman–Crippen MR) is 95.8 cm³/mol. The summed E-state index contributed by atoms with van der Waals surface area (Å²) in [5.41, 5.74) is 3.07. The molecule has 0 aliphatic carbocycles. The van der Waals surface area contributed by atoms with Gasteiger partial charge in [-0.05, 0) is 42.8 Å². The van der Waals surface area contributed by atoms with Gasteiger partial charge in [0, 0.05) is 38.1 Å². The van der Waals surface area contributed by atoms with Crippen molar-refractivity contribution >= 4 is 28.8 Å². The Bertz CT molecular complexity index is 867. The highest BCUT2D eigenvalue weighted by Crippen LogP contribution is 2.23. The smallest absolute Gasteiger partial charge is 0.148 e. The van der Waals surface area contributed by atoms with E-state index in [1.54, 1.807) is 0 Å². The number of fused-ring (bicyclic) bond motifs is 1. The summed E-state index contributed by atoms with van der Waals surface area (Å²) in [5, 5.41) is 0.713. The minimum absolute atomic E-state index is 0.198. The summed E-state index contributed by atoms with van der Waals surface area (Å²) in [4.78, 5) is 9.30. The van der Waals surface area contributed by atoms with Gasteiger partial charge in [0.05, 0.1) is 11.2 Å². The molecule has 0 spiro atoms. The van der Waals surface area contributed by atoms with Crippen LogP contribution in [0.4, 0.5) is 15.9 Å². The Kier molecular flexibility index (Phi) is 3.81. The first-order valence-corrected chi connectivity index (χ1v) is 8.38. The number of hydrogen-bond acceptors (Lipinski definition) is 3. The number of imidazole rings is 1. The van der Waals surface area contributed by atoms with Crippen molar-refractivity contribution in [2.24, 2.45) is 0 Å². The maximum absolute atomic E-state index is 13.1. The van der Waals surface area contributed by atoms with E-state index in [0.717, 1.165) is 48.9 Å². The average Bonchev–Trinajstić information content (AvgIpc) is 3.00. The van der Waals surface area contributed by atoms with Gasteiger partial charge in [0.2, 0.25) is 0 Å². The molecule has 1 aromatic carbocycles. The van der Waals surface area contributed by atoms with Crippen molar-refractivity contribution in [2.75, 3.05) is 36.0 Å². The van der Waals surface area contributed by atoms with Crippen LogP contribution in [-0.4, -0.2) is 35.6 Å². The standard InChI is InChI=1S/C18H18ClFN4/c1-13-10-14(19)11-24-12-17(21-18(13)24)23-8-6-22(7-9-23)16-4-2-15(20)3-5-16/h2-5,10-12H,6-9H2,1H3. The summed E-state index contributed by atoms with van der Waals surface area (Å²) in [6, 6.07) is 8.62. The lowest BCUT2D eigenvalue weighted by molar-refractivity contribution is 0.624. The lowest BCUT2D eigenvalue weighted by Crippen LogP contribution is -2.46. The molecule has 0 N–H and O–H groups in total. The molecule has 0 atom stereocenters. The number of nitrogens with zero attached hydrogens (tertiary/aromatic N) is 4. The molecule has 0 saturated carbocycles. The van der Waals surface area contributed by atoms with Crippen LogP contribution >= 0.6 is 11.6 Å². The first-order valence-electron chi connectivity index (χ1n) is 8.00. The highest BCUT2D eigenvalue weighted by Gasteiger charge is 2.20. The number of aromatic nitrogens is 2. The van der Waals surface area contributed by atoms with Crippen LogP contribution < -0.4 is 9.80 Å². The van der Waals surface area contributed by atoms with Crippen LogP contribution in [0.25, 0.3) is 5.65 Å². The van der Waals surface area contributed by atoms with Crippen molar-refractivity contribution in [1.29, 1.82) is 0 Å². The van der Waals surface area contributed by atoms with Gasteiger partial charge >= 0.3 is 0 Å². The molecule has 6 heteroatoms. The molecular weight excluding hydrogens is 327 g/mol. The lowest BCUT2D eigenvalue weighted by atomic mass is 10.2. The molecule has 0 bridgehead atoms. The maximum atomic E-state index is 13.1. The molecule has 4 nitrogen and oxygen atoms in total. The topological polar surface area (TPSA) is 23.8 Å². The number of aryl methyl sites for hydroxylation is 1. The molecular formula is C18H18ClFN4. The average molecular weight is 345 g/mol. The number of piperazine rings is 1. The van der Waals surface area contributed by atoms with E-state index in [9.17, 15) is 4.39 Å². The van der Waals surface area contributed by atoms with Crippen LogP contribution in [-0.2, 0) is 0 Å². The third-order valence-corrected chi connectivity index (χ3v) is 4.69. The first kappa shape index (κ1) is 15.3. The Balaban J connectivity index is 1.51. The number of hydrogen-bond donors (Lipinski definition) is 0. The van der Waals surface area contributed by atoms with Gasteiger partial charge in [-0.2, -0.15) is 0 Å². The molecule has 1 saturated heterocycles. The van der Waals surface area contributed by atoms with Crippen LogP contribution in [0.15, 0.2) is 42.7 Å². The van der Waals surface area contributed by atoms with Crippen molar-refractivity contribution in [1.82, 2.24) is 9.38 Å². The van der Waals surface area contributed by atoms with Gasteiger partial charge < -0.3 is 14.2 Å². The molecule has 0 amide bonds. The summed E-state index contributed by atoms with van der Waals surface area (Å²) in [5.74, 6) is 0.773. The second-order valence-electron chi connectivity index (χ2n) is 6.12. The molecule has 3 heterocycles. The quantitative estimate of drug-likeness (QED) is 0.707. The van der Waals surface area contributed by atoms with E-state index >= 15 is 0 Å². The highest BCUT2D eigenvalue weighted by molar-refractivity contribution is 6.30. The largest absolute Gasteiger partial charge is 0.368 e. The van der Waals surface area contributed by atoms with Crippen LogP contribution in [0.1, 0.15) is 5.56 Å². The van der Waals surface area contributed by atoms with E-state index in [0.29, 0.717) is 5.02 Å². The van der Waals surface area contributed by atoms with Gasteiger partial charge in [-0.25, -0.2) is 9.37 Å². The normalized spacial score (nSPS) is 15.3. The Morgan fingerprint density at radius 3 is 2.38 bits per heavy atom. The summed E-state index contributed by atoms with van der Waals surface area (Å²) in [6.45, 7) is 5.56. The molecule has 0 unspecified atom stereocenters. The van der Waals surface area contributed by atoms with E-state index in [1.165, 1.54) is 12.1 Å². The van der Waals surface area contributed by atoms with Crippen molar-refractivity contribution < 1.29 is 4.39 Å². The lowest BCUT2D eigenvalue weighted by Gasteiger charge is -2.36.